The normalized spacial score (nSPS) is 9.94. The van der Waals surface area contributed by atoms with Gasteiger partial charge in [-0.1, -0.05) is 11.6 Å². The van der Waals surface area contributed by atoms with Crippen LogP contribution < -0.4 is 5.32 Å². The van der Waals surface area contributed by atoms with E-state index >= 15 is 0 Å². The molecule has 0 aliphatic heterocycles. The van der Waals surface area contributed by atoms with E-state index in [2.05, 4.69) is 20.0 Å². The van der Waals surface area contributed by atoms with Crippen molar-refractivity contribution in [2.45, 2.75) is 0 Å². The molecular formula is C9H12ClN3O3. The molecule has 0 aromatic carbocycles. The van der Waals surface area contributed by atoms with Crippen molar-refractivity contribution >= 4 is 23.5 Å². The molecule has 1 heterocycles. The molecule has 16 heavy (non-hydrogen) atoms. The Kier molecular flexibility index (Phi) is 4.94. The van der Waals surface area contributed by atoms with Gasteiger partial charge < -0.3 is 14.8 Å². The van der Waals surface area contributed by atoms with E-state index in [1.165, 1.54) is 13.2 Å². The molecule has 0 aliphatic carbocycles. The van der Waals surface area contributed by atoms with Gasteiger partial charge in [0.25, 0.3) is 0 Å². The van der Waals surface area contributed by atoms with Gasteiger partial charge in [0.05, 0.1) is 13.7 Å². The number of halogens is 1. The summed E-state index contributed by atoms with van der Waals surface area (Å²) in [4.78, 5) is 19.1. The van der Waals surface area contributed by atoms with Gasteiger partial charge in [0, 0.05) is 19.7 Å². The molecule has 0 saturated heterocycles. The molecule has 0 fully saturated rings. The largest absolute Gasteiger partial charge is 0.464 e. The fraction of sp³-hybridized carbons (Fsp3) is 0.444. The van der Waals surface area contributed by atoms with Crippen LogP contribution in [0.15, 0.2) is 6.07 Å². The van der Waals surface area contributed by atoms with E-state index in [1.807, 2.05) is 0 Å². The molecule has 0 bridgehead atoms. The van der Waals surface area contributed by atoms with Crippen LogP contribution in [0.25, 0.3) is 0 Å². The summed E-state index contributed by atoms with van der Waals surface area (Å²) in [5, 5.41) is 3.04. The zero-order valence-electron chi connectivity index (χ0n) is 8.99. The quantitative estimate of drug-likeness (QED) is 0.474. The van der Waals surface area contributed by atoms with Gasteiger partial charge in [-0.15, -0.1) is 0 Å². The summed E-state index contributed by atoms with van der Waals surface area (Å²) >= 11 is 5.73. The first kappa shape index (κ1) is 12.7. The average Bonchev–Trinajstić information content (AvgIpc) is 2.27. The second-order valence-corrected chi connectivity index (χ2v) is 3.20. The van der Waals surface area contributed by atoms with Gasteiger partial charge in [-0.2, -0.15) is 0 Å². The van der Waals surface area contributed by atoms with Gasteiger partial charge >= 0.3 is 5.97 Å². The molecule has 1 rings (SSSR count). The highest BCUT2D eigenvalue weighted by Crippen LogP contribution is 2.10. The maximum atomic E-state index is 11.2. The lowest BCUT2D eigenvalue weighted by molar-refractivity contribution is 0.0594. The minimum absolute atomic E-state index is 0.113. The standard InChI is InChI=1S/C9H12ClN3O3/c1-15-4-3-11-9-12-6(8(14)16-2)5-7(10)13-9/h5H,3-4H2,1-2H3,(H,11,12,13). The Balaban J connectivity index is 2.77. The highest BCUT2D eigenvalue weighted by molar-refractivity contribution is 6.29. The van der Waals surface area contributed by atoms with Gasteiger partial charge in [0.15, 0.2) is 5.69 Å². The van der Waals surface area contributed by atoms with Crippen LogP contribution in [-0.2, 0) is 9.47 Å². The number of aromatic nitrogens is 2. The Bertz CT molecular complexity index is 373. The van der Waals surface area contributed by atoms with Crippen LogP contribution >= 0.6 is 11.6 Å². The molecule has 1 aromatic rings. The zero-order chi connectivity index (χ0) is 12.0. The number of rotatable bonds is 5. The van der Waals surface area contributed by atoms with Crippen LogP contribution in [0, 0.1) is 0 Å². The van der Waals surface area contributed by atoms with Crippen molar-refractivity contribution in [1.29, 1.82) is 0 Å². The Morgan fingerprint density at radius 1 is 1.50 bits per heavy atom. The summed E-state index contributed by atoms with van der Waals surface area (Å²) in [7, 11) is 2.86. The first-order valence-electron chi connectivity index (χ1n) is 4.53. The van der Waals surface area contributed by atoms with Crippen molar-refractivity contribution in [3.63, 3.8) is 0 Å². The van der Waals surface area contributed by atoms with E-state index < -0.39 is 5.97 Å². The number of nitrogens with zero attached hydrogens (tertiary/aromatic N) is 2. The third-order valence-corrected chi connectivity index (χ3v) is 1.87. The Labute approximate surface area is 97.9 Å². The summed E-state index contributed by atoms with van der Waals surface area (Å²) in [5.74, 6) is -0.288. The highest BCUT2D eigenvalue weighted by Gasteiger charge is 2.10. The minimum Gasteiger partial charge on any atom is -0.464 e. The van der Waals surface area contributed by atoms with Gasteiger partial charge in [0.1, 0.15) is 5.15 Å². The van der Waals surface area contributed by atoms with Crippen LogP contribution in [0.4, 0.5) is 5.95 Å². The fourth-order valence-corrected chi connectivity index (χ4v) is 1.15. The maximum Gasteiger partial charge on any atom is 0.356 e. The number of esters is 1. The van der Waals surface area contributed by atoms with E-state index in [4.69, 9.17) is 16.3 Å². The maximum absolute atomic E-state index is 11.2. The molecule has 7 heteroatoms. The number of carbonyl (C=O) groups excluding carboxylic acids is 1. The second-order valence-electron chi connectivity index (χ2n) is 2.81. The molecule has 6 nitrogen and oxygen atoms in total. The molecule has 0 saturated carbocycles. The molecule has 0 unspecified atom stereocenters. The number of hydrogen-bond acceptors (Lipinski definition) is 6. The summed E-state index contributed by atoms with van der Waals surface area (Å²) in [5.41, 5.74) is 0.113. The number of anilines is 1. The third kappa shape index (κ3) is 3.63. The van der Waals surface area contributed by atoms with Crippen LogP contribution in [0.2, 0.25) is 5.15 Å². The predicted molar refractivity (Wildman–Crippen MR) is 58.7 cm³/mol. The van der Waals surface area contributed by atoms with E-state index in [-0.39, 0.29) is 16.8 Å². The summed E-state index contributed by atoms with van der Waals surface area (Å²) in [6.07, 6.45) is 0. The first-order chi connectivity index (χ1) is 7.67. The number of hydrogen-bond donors (Lipinski definition) is 1. The van der Waals surface area contributed by atoms with E-state index in [0.717, 1.165) is 0 Å². The lowest BCUT2D eigenvalue weighted by atomic mass is 10.4. The smallest absolute Gasteiger partial charge is 0.356 e. The van der Waals surface area contributed by atoms with Gasteiger partial charge in [-0.05, 0) is 0 Å². The fourth-order valence-electron chi connectivity index (χ4n) is 0.971. The molecule has 1 N–H and O–H groups in total. The Morgan fingerprint density at radius 3 is 2.88 bits per heavy atom. The van der Waals surface area contributed by atoms with Gasteiger partial charge in [-0.3, -0.25) is 0 Å². The van der Waals surface area contributed by atoms with Crippen LogP contribution in [0.5, 0.6) is 0 Å². The van der Waals surface area contributed by atoms with Crippen LogP contribution in [0.3, 0.4) is 0 Å². The number of methoxy groups -OCH3 is 2. The molecule has 0 atom stereocenters. The van der Waals surface area contributed by atoms with Crippen molar-refractivity contribution in [3.05, 3.63) is 16.9 Å². The monoisotopic (exact) mass is 245 g/mol. The van der Waals surface area contributed by atoms with Crippen molar-refractivity contribution < 1.29 is 14.3 Å². The molecule has 1 aromatic heterocycles. The van der Waals surface area contributed by atoms with Crippen LogP contribution in [-0.4, -0.2) is 43.3 Å². The summed E-state index contributed by atoms with van der Waals surface area (Å²) in [6.45, 7) is 1.03. The molecule has 0 aliphatic rings. The zero-order valence-corrected chi connectivity index (χ0v) is 9.74. The predicted octanol–water partition coefficient (Wildman–Crippen LogP) is 0.975. The van der Waals surface area contributed by atoms with Crippen molar-refractivity contribution in [2.24, 2.45) is 0 Å². The van der Waals surface area contributed by atoms with Crippen molar-refractivity contribution in [2.75, 3.05) is 32.7 Å². The molecular weight excluding hydrogens is 234 g/mol. The molecule has 0 spiro atoms. The SMILES string of the molecule is COCCNc1nc(Cl)cc(C(=O)OC)n1. The van der Waals surface area contributed by atoms with Crippen LogP contribution in [0.1, 0.15) is 10.5 Å². The van der Waals surface area contributed by atoms with Gasteiger partial charge in [-0.25, -0.2) is 14.8 Å². The van der Waals surface area contributed by atoms with E-state index in [9.17, 15) is 4.79 Å². The van der Waals surface area contributed by atoms with Crippen molar-refractivity contribution in [1.82, 2.24) is 9.97 Å². The van der Waals surface area contributed by atoms with Crippen molar-refractivity contribution in [3.8, 4) is 0 Å². The third-order valence-electron chi connectivity index (χ3n) is 1.68. The lowest BCUT2D eigenvalue weighted by Gasteiger charge is -2.05. The topological polar surface area (TPSA) is 73.3 Å². The molecule has 0 amide bonds. The van der Waals surface area contributed by atoms with Gasteiger partial charge in [0.2, 0.25) is 5.95 Å². The number of carbonyl (C=O) groups is 1. The summed E-state index contributed by atoms with van der Waals surface area (Å²) < 4.78 is 9.38. The first-order valence-corrected chi connectivity index (χ1v) is 4.91. The average molecular weight is 246 g/mol. The lowest BCUT2D eigenvalue weighted by Crippen LogP contribution is -2.13. The second kappa shape index (κ2) is 6.24. The highest BCUT2D eigenvalue weighted by atomic mass is 35.5. The number of nitrogens with one attached hydrogen (secondary N) is 1. The Hall–Kier alpha value is -1.40. The summed E-state index contributed by atoms with van der Waals surface area (Å²) in [6, 6.07) is 1.34. The molecule has 0 radical (unpaired) electrons. The minimum atomic E-state index is -0.556. The van der Waals surface area contributed by atoms with E-state index in [0.29, 0.717) is 13.2 Å². The Morgan fingerprint density at radius 2 is 2.25 bits per heavy atom. The molecule has 88 valence electrons. The number of ether oxygens (including phenoxy) is 2. The van der Waals surface area contributed by atoms with E-state index in [1.54, 1.807) is 7.11 Å².